The number of aliphatic hydroxyl groups excluding tert-OH is 1. The fourth-order valence-corrected chi connectivity index (χ4v) is 6.42. The van der Waals surface area contributed by atoms with Gasteiger partial charge in [0.25, 0.3) is 5.91 Å². The summed E-state index contributed by atoms with van der Waals surface area (Å²) in [6.45, 7) is 4.03. The third-order valence-corrected chi connectivity index (χ3v) is 8.68. The van der Waals surface area contributed by atoms with Gasteiger partial charge in [-0.05, 0) is 57.0 Å². The molecule has 0 bridgehead atoms. The summed E-state index contributed by atoms with van der Waals surface area (Å²) in [5.74, 6) is -0.347. The Balaban J connectivity index is 1.64. The van der Waals surface area contributed by atoms with Crippen LogP contribution in [0.15, 0.2) is 65.1 Å². The maximum absolute atomic E-state index is 13.5. The van der Waals surface area contributed by atoms with Crippen molar-refractivity contribution < 1.29 is 32.0 Å². The fourth-order valence-electron chi connectivity index (χ4n) is 5.02. The molecule has 2 N–H and O–H groups in total. The van der Waals surface area contributed by atoms with Crippen LogP contribution >= 0.6 is 0 Å². The number of amides is 1. The number of nitrogens with one attached hydrogen (secondary N) is 1. The van der Waals surface area contributed by atoms with Crippen molar-refractivity contribution in [3.63, 3.8) is 0 Å². The van der Waals surface area contributed by atoms with Crippen LogP contribution in [0.4, 0.5) is 13.2 Å². The van der Waals surface area contributed by atoms with Crippen molar-refractivity contribution in [1.82, 2.24) is 14.6 Å². The molecule has 1 aliphatic rings. The molecule has 4 aromatic rings. The maximum atomic E-state index is 13.5. The van der Waals surface area contributed by atoms with E-state index in [1.54, 1.807) is 10.4 Å². The molecule has 0 radical (unpaired) electrons. The highest BCUT2D eigenvalue weighted by Crippen LogP contribution is 2.45. The highest BCUT2D eigenvalue weighted by molar-refractivity contribution is 7.90. The van der Waals surface area contributed by atoms with Gasteiger partial charge in [-0.1, -0.05) is 36.4 Å². The summed E-state index contributed by atoms with van der Waals surface area (Å²) >= 11 is -1.48. The number of aliphatic hydroxyl groups is 1. The van der Waals surface area contributed by atoms with Crippen LogP contribution in [0.3, 0.4) is 0 Å². The van der Waals surface area contributed by atoms with Crippen LogP contribution < -0.4 is 5.32 Å². The van der Waals surface area contributed by atoms with Crippen molar-refractivity contribution in [3.8, 4) is 22.6 Å². The van der Waals surface area contributed by atoms with Crippen LogP contribution in [0, 0.1) is 0 Å². The van der Waals surface area contributed by atoms with E-state index in [1.807, 2.05) is 74.6 Å². The Morgan fingerprint density at radius 3 is 2.54 bits per heavy atom. The third-order valence-electron chi connectivity index (χ3n) is 6.82. The Morgan fingerprint density at radius 1 is 1.12 bits per heavy atom. The van der Waals surface area contributed by atoms with Crippen molar-refractivity contribution in [1.29, 1.82) is 0 Å². The molecule has 5 rings (SSSR count). The van der Waals surface area contributed by atoms with Gasteiger partial charge in [0.05, 0.1) is 18.3 Å². The Kier molecular flexibility index (Phi) is 7.90. The van der Waals surface area contributed by atoms with E-state index >= 15 is 0 Å². The Bertz CT molecular complexity index is 1550. The predicted molar refractivity (Wildman–Crippen MR) is 151 cm³/mol. The van der Waals surface area contributed by atoms with E-state index in [0.29, 0.717) is 28.1 Å². The van der Waals surface area contributed by atoms with Crippen LogP contribution in [-0.2, 0) is 17.9 Å². The molecule has 7 nitrogen and oxygen atoms in total. The topological polar surface area (TPSA) is 102 Å². The van der Waals surface area contributed by atoms with Crippen LogP contribution in [0.5, 0.6) is 0 Å². The minimum atomic E-state index is -4.58. The number of carbonyl (C=O) groups is 1. The van der Waals surface area contributed by atoms with Gasteiger partial charge in [0, 0.05) is 40.0 Å². The number of furan rings is 1. The molecule has 41 heavy (non-hydrogen) atoms. The van der Waals surface area contributed by atoms with E-state index in [4.69, 9.17) is 4.42 Å². The summed E-state index contributed by atoms with van der Waals surface area (Å²) in [5.41, 5.74) is 3.58. The standard InChI is InChI=1S/C30H30F3N3O4S/c1-29(2,3)41(39)36-16-21-14-22(28(38)34-17-30(31,32)33)35-27(26(21)23(36)11-12-37)20-9-6-8-18(13-20)25-15-19-7-4-5-10-24(19)40-25/h4-10,13-15,23,37H,11-12,16-17H2,1-3H3,(H,34,38)/t23?,41-/m1/s1. The normalized spacial score (nSPS) is 16.6. The van der Waals surface area contributed by atoms with E-state index in [2.05, 4.69) is 4.98 Å². The van der Waals surface area contributed by atoms with Crippen LogP contribution in [-0.4, -0.2) is 48.9 Å². The van der Waals surface area contributed by atoms with Gasteiger partial charge in [-0.2, -0.15) is 13.2 Å². The average Bonchev–Trinajstić information content (AvgIpc) is 3.52. The molecule has 0 aliphatic carbocycles. The monoisotopic (exact) mass is 585 g/mol. The first-order valence-corrected chi connectivity index (χ1v) is 14.2. The van der Waals surface area contributed by atoms with Crippen molar-refractivity contribution in [3.05, 3.63) is 77.5 Å². The van der Waals surface area contributed by atoms with Gasteiger partial charge in [0.1, 0.15) is 28.3 Å². The second-order valence-electron chi connectivity index (χ2n) is 10.9. The quantitative estimate of drug-likeness (QED) is 0.252. The summed E-state index contributed by atoms with van der Waals surface area (Å²) in [4.78, 5) is 17.4. The molecule has 1 unspecified atom stereocenters. The number of carbonyl (C=O) groups excluding carboxylic acids is 1. The van der Waals surface area contributed by atoms with Gasteiger partial charge in [0.15, 0.2) is 0 Å². The minimum absolute atomic E-state index is 0.178. The van der Waals surface area contributed by atoms with Crippen molar-refractivity contribution >= 4 is 28.2 Å². The number of hydrogen-bond acceptors (Lipinski definition) is 6. The molecule has 0 saturated heterocycles. The Hall–Kier alpha value is -3.38. The number of halogens is 3. The minimum Gasteiger partial charge on any atom is -0.597 e. The Morgan fingerprint density at radius 2 is 1.85 bits per heavy atom. The number of nitrogens with zero attached hydrogens (tertiary/aromatic N) is 2. The maximum Gasteiger partial charge on any atom is 0.405 e. The molecule has 2 aromatic heterocycles. The molecule has 2 aromatic carbocycles. The van der Waals surface area contributed by atoms with Gasteiger partial charge in [-0.25, -0.2) is 4.98 Å². The number of benzene rings is 2. The zero-order chi connectivity index (χ0) is 29.5. The van der Waals surface area contributed by atoms with Gasteiger partial charge in [-0.3, -0.25) is 4.79 Å². The van der Waals surface area contributed by atoms with E-state index in [-0.39, 0.29) is 25.3 Å². The number of hydrogen-bond donors (Lipinski definition) is 2. The van der Waals surface area contributed by atoms with E-state index in [9.17, 15) is 27.6 Å². The highest BCUT2D eigenvalue weighted by atomic mass is 32.2. The van der Waals surface area contributed by atoms with E-state index in [1.165, 1.54) is 6.07 Å². The van der Waals surface area contributed by atoms with Gasteiger partial charge in [-0.15, -0.1) is 4.31 Å². The molecule has 1 aliphatic heterocycles. The van der Waals surface area contributed by atoms with Crippen molar-refractivity contribution in [2.24, 2.45) is 0 Å². The molecule has 216 valence electrons. The van der Waals surface area contributed by atoms with Crippen molar-refractivity contribution in [2.75, 3.05) is 13.2 Å². The average molecular weight is 586 g/mol. The molecule has 0 spiro atoms. The molecule has 0 fully saturated rings. The number of pyridine rings is 1. The highest BCUT2D eigenvalue weighted by Gasteiger charge is 2.45. The zero-order valence-electron chi connectivity index (χ0n) is 22.8. The fraction of sp³-hybridized carbons (Fsp3) is 0.333. The second-order valence-corrected chi connectivity index (χ2v) is 13.1. The van der Waals surface area contributed by atoms with Gasteiger partial charge >= 0.3 is 6.18 Å². The van der Waals surface area contributed by atoms with Crippen LogP contribution in [0.1, 0.15) is 54.8 Å². The number of aromatic nitrogens is 1. The van der Waals surface area contributed by atoms with Crippen molar-refractivity contribution in [2.45, 2.75) is 50.7 Å². The lowest BCUT2D eigenvalue weighted by Gasteiger charge is -2.33. The summed E-state index contributed by atoms with van der Waals surface area (Å²) in [6, 6.07) is 17.8. The van der Waals surface area contributed by atoms with Crippen LogP contribution in [0.2, 0.25) is 0 Å². The first-order valence-electron chi connectivity index (χ1n) is 13.1. The summed E-state index contributed by atoms with van der Waals surface area (Å²) in [5, 5.41) is 12.8. The summed E-state index contributed by atoms with van der Waals surface area (Å²) < 4.78 is 59.3. The van der Waals surface area contributed by atoms with E-state index in [0.717, 1.165) is 16.5 Å². The van der Waals surface area contributed by atoms with E-state index < -0.39 is 40.8 Å². The molecular formula is C30H30F3N3O4S. The lowest BCUT2D eigenvalue weighted by Crippen LogP contribution is -2.42. The number of fused-ring (bicyclic) bond motifs is 2. The lowest BCUT2D eigenvalue weighted by molar-refractivity contribution is -0.123. The first kappa shape index (κ1) is 29.1. The molecule has 11 heteroatoms. The number of alkyl halides is 3. The molecular weight excluding hydrogens is 555 g/mol. The smallest absolute Gasteiger partial charge is 0.405 e. The zero-order valence-corrected chi connectivity index (χ0v) is 23.6. The number of rotatable bonds is 7. The second kappa shape index (κ2) is 11.1. The molecule has 0 saturated carbocycles. The largest absolute Gasteiger partial charge is 0.597 e. The summed E-state index contributed by atoms with van der Waals surface area (Å²) in [7, 11) is 0. The first-order chi connectivity index (χ1) is 19.4. The SMILES string of the molecule is CC(C)(C)[S@@+]([O-])N1Cc2cc(C(=O)NCC(F)(F)F)nc(-c3cccc(-c4cc5ccccc5o4)c3)c2C1CCO. The molecule has 1 amide bonds. The van der Waals surface area contributed by atoms with Gasteiger partial charge in [0.2, 0.25) is 0 Å². The third kappa shape index (κ3) is 6.13. The van der Waals surface area contributed by atoms with Crippen LogP contribution in [0.25, 0.3) is 33.6 Å². The molecule has 2 atom stereocenters. The van der Waals surface area contributed by atoms with Gasteiger partial charge < -0.3 is 19.4 Å². The lowest BCUT2D eigenvalue weighted by atomic mass is 9.95. The number of para-hydroxylation sites is 1. The predicted octanol–water partition coefficient (Wildman–Crippen LogP) is 6.16. The summed E-state index contributed by atoms with van der Waals surface area (Å²) in [6.07, 6.45) is -4.32. The Labute approximate surface area is 238 Å². The molecule has 3 heterocycles.